The molecular formula is C10H15NO. The third-order valence-corrected chi connectivity index (χ3v) is 1.88. The average Bonchev–Trinajstić information content (AvgIpc) is 2.16. The van der Waals surface area contributed by atoms with Gasteiger partial charge in [0.05, 0.1) is 6.61 Å². The molecule has 0 heterocycles. The summed E-state index contributed by atoms with van der Waals surface area (Å²) in [5.74, 6) is 0. The van der Waals surface area contributed by atoms with E-state index in [4.69, 9.17) is 10.8 Å². The Labute approximate surface area is 73.0 Å². The maximum Gasteiger partial charge on any atom is 0.0582 e. The lowest BCUT2D eigenvalue weighted by molar-refractivity contribution is 0.260. The van der Waals surface area contributed by atoms with Crippen molar-refractivity contribution in [3.05, 3.63) is 35.9 Å². The molecule has 0 bridgehead atoms. The Bertz CT molecular complexity index is 210. The minimum atomic E-state index is -0.0785. The van der Waals surface area contributed by atoms with Crippen LogP contribution in [0.3, 0.4) is 0 Å². The lowest BCUT2D eigenvalue weighted by atomic mass is 10.1. The first kappa shape index (κ1) is 9.23. The fourth-order valence-corrected chi connectivity index (χ4v) is 1.09. The van der Waals surface area contributed by atoms with E-state index in [2.05, 4.69) is 12.1 Å². The van der Waals surface area contributed by atoms with Crippen molar-refractivity contribution in [1.29, 1.82) is 0 Å². The topological polar surface area (TPSA) is 46.2 Å². The van der Waals surface area contributed by atoms with Crippen molar-refractivity contribution in [2.75, 3.05) is 6.61 Å². The number of benzene rings is 1. The third-order valence-electron chi connectivity index (χ3n) is 1.88. The quantitative estimate of drug-likeness (QED) is 0.697. The van der Waals surface area contributed by atoms with E-state index in [1.165, 1.54) is 5.56 Å². The van der Waals surface area contributed by atoms with Gasteiger partial charge in [-0.2, -0.15) is 0 Å². The summed E-state index contributed by atoms with van der Waals surface area (Å²) in [6.07, 6.45) is 1.79. The lowest BCUT2D eigenvalue weighted by Crippen LogP contribution is -2.24. The van der Waals surface area contributed by atoms with Gasteiger partial charge in [0.25, 0.3) is 0 Å². The molecule has 0 spiro atoms. The summed E-state index contributed by atoms with van der Waals surface area (Å²) >= 11 is 0. The fraction of sp³-hybridized carbons (Fsp3) is 0.400. The number of aryl methyl sites for hydroxylation is 1. The van der Waals surface area contributed by atoms with Crippen molar-refractivity contribution >= 4 is 0 Å². The summed E-state index contributed by atoms with van der Waals surface area (Å²) < 4.78 is 0. The van der Waals surface area contributed by atoms with Gasteiger partial charge in [-0.3, -0.25) is 0 Å². The first-order valence-electron chi connectivity index (χ1n) is 4.23. The number of hydrogen-bond acceptors (Lipinski definition) is 2. The van der Waals surface area contributed by atoms with Crippen LogP contribution in [0.5, 0.6) is 0 Å². The highest BCUT2D eigenvalue weighted by Crippen LogP contribution is 2.03. The number of aliphatic hydroxyl groups excluding tert-OH is 1. The van der Waals surface area contributed by atoms with Gasteiger partial charge in [0, 0.05) is 6.04 Å². The summed E-state index contributed by atoms with van der Waals surface area (Å²) in [5, 5.41) is 8.69. The number of hydrogen-bond donors (Lipinski definition) is 2. The molecule has 1 rings (SSSR count). The largest absolute Gasteiger partial charge is 0.395 e. The standard InChI is InChI=1S/C10H15NO/c11-10(8-12)7-6-9-4-2-1-3-5-9/h1-5,10,12H,6-8,11H2/t10-/m1/s1. The Morgan fingerprint density at radius 2 is 1.92 bits per heavy atom. The molecule has 0 unspecified atom stereocenters. The van der Waals surface area contributed by atoms with Crippen LogP contribution in [0, 0.1) is 0 Å². The van der Waals surface area contributed by atoms with E-state index >= 15 is 0 Å². The number of aliphatic hydroxyl groups is 1. The molecule has 0 fully saturated rings. The normalized spacial score (nSPS) is 12.8. The second-order valence-electron chi connectivity index (χ2n) is 2.97. The minimum Gasteiger partial charge on any atom is -0.395 e. The maximum absolute atomic E-state index is 8.69. The number of rotatable bonds is 4. The smallest absolute Gasteiger partial charge is 0.0582 e. The second-order valence-corrected chi connectivity index (χ2v) is 2.97. The molecule has 0 aliphatic rings. The molecule has 0 aliphatic heterocycles. The molecular weight excluding hydrogens is 150 g/mol. The third kappa shape index (κ3) is 3.03. The Kier molecular flexibility index (Phi) is 3.77. The molecule has 0 saturated heterocycles. The van der Waals surface area contributed by atoms with Crippen LogP contribution in [0.15, 0.2) is 30.3 Å². The number of nitrogens with two attached hydrogens (primary N) is 1. The molecule has 3 N–H and O–H groups in total. The van der Waals surface area contributed by atoms with E-state index < -0.39 is 0 Å². The molecule has 2 heteroatoms. The van der Waals surface area contributed by atoms with Crippen LogP contribution in [-0.2, 0) is 6.42 Å². The van der Waals surface area contributed by atoms with Gasteiger partial charge in [-0.05, 0) is 18.4 Å². The molecule has 66 valence electrons. The fourth-order valence-electron chi connectivity index (χ4n) is 1.09. The first-order chi connectivity index (χ1) is 5.83. The van der Waals surface area contributed by atoms with E-state index in [1.54, 1.807) is 0 Å². The van der Waals surface area contributed by atoms with Crippen LogP contribution < -0.4 is 5.73 Å². The average molecular weight is 165 g/mol. The zero-order valence-electron chi connectivity index (χ0n) is 7.11. The van der Waals surface area contributed by atoms with Crippen LogP contribution in [0.25, 0.3) is 0 Å². The summed E-state index contributed by atoms with van der Waals surface area (Å²) in [6.45, 7) is 0.0762. The predicted molar refractivity (Wildman–Crippen MR) is 49.8 cm³/mol. The Balaban J connectivity index is 2.33. The first-order valence-corrected chi connectivity index (χ1v) is 4.23. The van der Waals surface area contributed by atoms with Crippen molar-refractivity contribution in [2.24, 2.45) is 5.73 Å². The summed E-state index contributed by atoms with van der Waals surface area (Å²) in [4.78, 5) is 0. The van der Waals surface area contributed by atoms with E-state index in [0.29, 0.717) is 0 Å². The van der Waals surface area contributed by atoms with Crippen LogP contribution >= 0.6 is 0 Å². The molecule has 12 heavy (non-hydrogen) atoms. The second kappa shape index (κ2) is 4.91. The van der Waals surface area contributed by atoms with Crippen LogP contribution in [0.4, 0.5) is 0 Å². The Hall–Kier alpha value is -0.860. The SMILES string of the molecule is N[C@@H](CO)CCc1ccccc1. The van der Waals surface area contributed by atoms with Crippen molar-refractivity contribution < 1.29 is 5.11 Å². The molecule has 0 radical (unpaired) electrons. The van der Waals surface area contributed by atoms with E-state index in [9.17, 15) is 0 Å². The molecule has 0 amide bonds. The highest BCUT2D eigenvalue weighted by molar-refractivity contribution is 5.14. The van der Waals surface area contributed by atoms with Crippen molar-refractivity contribution in [3.63, 3.8) is 0 Å². The maximum atomic E-state index is 8.69. The zero-order valence-corrected chi connectivity index (χ0v) is 7.11. The molecule has 1 aromatic carbocycles. The Morgan fingerprint density at radius 1 is 1.25 bits per heavy atom. The summed E-state index contributed by atoms with van der Waals surface area (Å²) in [6, 6.07) is 10.1. The molecule has 1 aromatic rings. The van der Waals surface area contributed by atoms with E-state index in [0.717, 1.165) is 12.8 Å². The van der Waals surface area contributed by atoms with Crippen molar-refractivity contribution in [2.45, 2.75) is 18.9 Å². The van der Waals surface area contributed by atoms with Crippen LogP contribution in [-0.4, -0.2) is 17.8 Å². The van der Waals surface area contributed by atoms with Gasteiger partial charge < -0.3 is 10.8 Å². The van der Waals surface area contributed by atoms with Gasteiger partial charge in [-0.1, -0.05) is 30.3 Å². The van der Waals surface area contributed by atoms with Gasteiger partial charge in [0.2, 0.25) is 0 Å². The molecule has 2 nitrogen and oxygen atoms in total. The molecule has 0 aromatic heterocycles. The summed E-state index contributed by atoms with van der Waals surface area (Å²) in [5.41, 5.74) is 6.85. The van der Waals surface area contributed by atoms with E-state index in [1.807, 2.05) is 18.2 Å². The van der Waals surface area contributed by atoms with Gasteiger partial charge in [-0.15, -0.1) is 0 Å². The van der Waals surface area contributed by atoms with Crippen LogP contribution in [0.2, 0.25) is 0 Å². The molecule has 0 saturated carbocycles. The van der Waals surface area contributed by atoms with Gasteiger partial charge in [0.15, 0.2) is 0 Å². The summed E-state index contributed by atoms with van der Waals surface area (Å²) in [7, 11) is 0. The zero-order chi connectivity index (χ0) is 8.81. The van der Waals surface area contributed by atoms with Gasteiger partial charge in [-0.25, -0.2) is 0 Å². The minimum absolute atomic E-state index is 0.0762. The highest BCUT2D eigenvalue weighted by Gasteiger charge is 1.99. The van der Waals surface area contributed by atoms with Crippen molar-refractivity contribution in [3.8, 4) is 0 Å². The van der Waals surface area contributed by atoms with E-state index in [-0.39, 0.29) is 12.6 Å². The highest BCUT2D eigenvalue weighted by atomic mass is 16.3. The predicted octanol–water partition coefficient (Wildman–Crippen LogP) is 0.939. The van der Waals surface area contributed by atoms with Gasteiger partial charge in [0.1, 0.15) is 0 Å². The molecule has 0 aliphatic carbocycles. The van der Waals surface area contributed by atoms with Crippen LogP contribution in [0.1, 0.15) is 12.0 Å². The Morgan fingerprint density at radius 3 is 2.50 bits per heavy atom. The van der Waals surface area contributed by atoms with Gasteiger partial charge >= 0.3 is 0 Å². The monoisotopic (exact) mass is 165 g/mol. The molecule has 1 atom stereocenters. The lowest BCUT2D eigenvalue weighted by Gasteiger charge is -2.06. The van der Waals surface area contributed by atoms with Crippen molar-refractivity contribution in [1.82, 2.24) is 0 Å².